The van der Waals surface area contributed by atoms with Crippen molar-refractivity contribution in [1.82, 2.24) is 14.8 Å². The topological polar surface area (TPSA) is 56.7 Å². The molecule has 0 aliphatic carbocycles. The van der Waals surface area contributed by atoms with Crippen molar-refractivity contribution in [2.45, 2.75) is 19.4 Å². The van der Waals surface area contributed by atoms with E-state index in [-0.39, 0.29) is 6.04 Å². The van der Waals surface area contributed by atoms with Crippen LogP contribution in [-0.2, 0) is 13.5 Å². The summed E-state index contributed by atoms with van der Waals surface area (Å²) in [7, 11) is 1.88. The highest BCUT2D eigenvalue weighted by atomic mass is 79.9. The third-order valence-corrected chi connectivity index (χ3v) is 3.91. The summed E-state index contributed by atoms with van der Waals surface area (Å²) in [5.74, 6) is 0.894. The van der Waals surface area contributed by atoms with Gasteiger partial charge in [0.1, 0.15) is 12.2 Å². The van der Waals surface area contributed by atoms with Crippen molar-refractivity contribution in [2.75, 3.05) is 0 Å². The van der Waals surface area contributed by atoms with Crippen molar-refractivity contribution in [3.8, 4) is 0 Å². The molecule has 0 aliphatic heterocycles. The minimum absolute atomic E-state index is 0.0767. The van der Waals surface area contributed by atoms with Gasteiger partial charge in [-0.05, 0) is 18.1 Å². The number of hydrogen-bond donors (Lipinski definition) is 1. The van der Waals surface area contributed by atoms with Crippen LogP contribution in [0.4, 0.5) is 0 Å². The maximum Gasteiger partial charge on any atom is 0.138 e. The SMILES string of the molecule is Cc1cccc(C(N)Cc2ncnn2C)c1Br. The van der Waals surface area contributed by atoms with Crippen molar-refractivity contribution in [2.24, 2.45) is 12.8 Å². The minimum atomic E-state index is -0.0767. The lowest BCUT2D eigenvalue weighted by atomic mass is 10.0. The number of nitrogens with two attached hydrogens (primary N) is 1. The van der Waals surface area contributed by atoms with Gasteiger partial charge in [0.05, 0.1) is 0 Å². The molecule has 0 saturated carbocycles. The van der Waals surface area contributed by atoms with Gasteiger partial charge in [-0.2, -0.15) is 5.10 Å². The average Bonchev–Trinajstić information content (AvgIpc) is 2.68. The summed E-state index contributed by atoms with van der Waals surface area (Å²) >= 11 is 3.58. The monoisotopic (exact) mass is 294 g/mol. The van der Waals surface area contributed by atoms with E-state index in [0.29, 0.717) is 6.42 Å². The molecule has 0 spiro atoms. The number of benzene rings is 1. The zero-order chi connectivity index (χ0) is 12.4. The zero-order valence-electron chi connectivity index (χ0n) is 9.89. The van der Waals surface area contributed by atoms with Crippen LogP contribution in [0.3, 0.4) is 0 Å². The highest BCUT2D eigenvalue weighted by molar-refractivity contribution is 9.10. The Morgan fingerprint density at radius 2 is 2.24 bits per heavy atom. The molecule has 17 heavy (non-hydrogen) atoms. The smallest absolute Gasteiger partial charge is 0.138 e. The van der Waals surface area contributed by atoms with E-state index in [9.17, 15) is 0 Å². The third kappa shape index (κ3) is 2.56. The first-order valence-corrected chi connectivity index (χ1v) is 6.22. The molecule has 1 unspecified atom stereocenters. The minimum Gasteiger partial charge on any atom is -0.324 e. The highest BCUT2D eigenvalue weighted by Crippen LogP contribution is 2.26. The Balaban J connectivity index is 2.23. The fraction of sp³-hybridized carbons (Fsp3) is 0.333. The van der Waals surface area contributed by atoms with Crippen LogP contribution in [0, 0.1) is 6.92 Å². The van der Waals surface area contributed by atoms with Gasteiger partial charge in [0.25, 0.3) is 0 Å². The molecule has 0 amide bonds. The van der Waals surface area contributed by atoms with Crippen molar-refractivity contribution in [3.05, 3.63) is 46.0 Å². The van der Waals surface area contributed by atoms with Gasteiger partial charge in [-0.3, -0.25) is 4.68 Å². The van der Waals surface area contributed by atoms with Gasteiger partial charge in [-0.1, -0.05) is 34.1 Å². The Labute approximate surface area is 109 Å². The molecule has 2 N–H and O–H groups in total. The van der Waals surface area contributed by atoms with Gasteiger partial charge in [-0.25, -0.2) is 4.98 Å². The first kappa shape index (κ1) is 12.3. The van der Waals surface area contributed by atoms with E-state index in [1.54, 1.807) is 11.0 Å². The lowest BCUT2D eigenvalue weighted by molar-refractivity contribution is 0.628. The number of nitrogens with zero attached hydrogens (tertiary/aromatic N) is 3. The molecule has 2 rings (SSSR count). The summed E-state index contributed by atoms with van der Waals surface area (Å²) < 4.78 is 2.83. The summed E-state index contributed by atoms with van der Waals surface area (Å²) in [6, 6.07) is 6.04. The lowest BCUT2D eigenvalue weighted by Crippen LogP contribution is -2.16. The molecule has 1 aromatic carbocycles. The van der Waals surface area contributed by atoms with Gasteiger partial charge < -0.3 is 5.73 Å². The standard InChI is InChI=1S/C12H15BrN4/c1-8-4-3-5-9(12(8)13)10(14)6-11-15-7-16-17(11)2/h3-5,7,10H,6,14H2,1-2H3. The van der Waals surface area contributed by atoms with Crippen molar-refractivity contribution in [1.29, 1.82) is 0 Å². The van der Waals surface area contributed by atoms with E-state index in [0.717, 1.165) is 15.9 Å². The molecule has 0 bridgehead atoms. The molecular weight excluding hydrogens is 280 g/mol. The van der Waals surface area contributed by atoms with Crippen LogP contribution in [-0.4, -0.2) is 14.8 Å². The first-order chi connectivity index (χ1) is 8.09. The second kappa shape index (κ2) is 4.98. The molecular formula is C12H15BrN4. The molecule has 2 aromatic rings. The van der Waals surface area contributed by atoms with E-state index in [4.69, 9.17) is 5.73 Å². The maximum atomic E-state index is 6.21. The fourth-order valence-corrected chi connectivity index (χ4v) is 2.33. The summed E-state index contributed by atoms with van der Waals surface area (Å²) in [5.41, 5.74) is 8.51. The number of aryl methyl sites for hydroxylation is 2. The van der Waals surface area contributed by atoms with Gasteiger partial charge >= 0.3 is 0 Å². The Hall–Kier alpha value is -1.20. The second-order valence-electron chi connectivity index (χ2n) is 4.09. The fourth-order valence-electron chi connectivity index (χ4n) is 1.77. The average molecular weight is 295 g/mol. The van der Waals surface area contributed by atoms with Gasteiger partial charge in [0.2, 0.25) is 0 Å². The zero-order valence-corrected chi connectivity index (χ0v) is 11.5. The first-order valence-electron chi connectivity index (χ1n) is 5.43. The largest absolute Gasteiger partial charge is 0.324 e. The van der Waals surface area contributed by atoms with Gasteiger partial charge in [-0.15, -0.1) is 0 Å². The van der Waals surface area contributed by atoms with Crippen molar-refractivity contribution < 1.29 is 0 Å². The Kier molecular flexibility index (Phi) is 3.59. The lowest BCUT2D eigenvalue weighted by Gasteiger charge is -2.14. The highest BCUT2D eigenvalue weighted by Gasteiger charge is 2.14. The van der Waals surface area contributed by atoms with Gasteiger partial charge in [0, 0.05) is 24.0 Å². The van der Waals surface area contributed by atoms with E-state index < -0.39 is 0 Å². The molecule has 0 fully saturated rings. The third-order valence-electron chi connectivity index (χ3n) is 2.83. The summed E-state index contributed by atoms with van der Waals surface area (Å²) in [6.45, 7) is 2.06. The summed E-state index contributed by atoms with van der Waals surface area (Å²) in [6.07, 6.45) is 2.23. The van der Waals surface area contributed by atoms with E-state index >= 15 is 0 Å². The van der Waals surface area contributed by atoms with Crippen LogP contribution in [0.15, 0.2) is 29.0 Å². The molecule has 0 saturated heterocycles. The van der Waals surface area contributed by atoms with Crippen LogP contribution in [0.1, 0.15) is 23.0 Å². The Bertz CT molecular complexity index is 521. The summed E-state index contributed by atoms with van der Waals surface area (Å²) in [4.78, 5) is 4.19. The number of hydrogen-bond acceptors (Lipinski definition) is 3. The van der Waals surface area contributed by atoms with Crippen LogP contribution in [0.5, 0.6) is 0 Å². The Morgan fingerprint density at radius 1 is 1.47 bits per heavy atom. The number of halogens is 1. The normalized spacial score (nSPS) is 12.7. The molecule has 4 nitrogen and oxygen atoms in total. The molecule has 0 aliphatic rings. The number of aromatic nitrogens is 3. The Morgan fingerprint density at radius 3 is 2.88 bits per heavy atom. The van der Waals surface area contributed by atoms with E-state index in [1.807, 2.05) is 19.2 Å². The van der Waals surface area contributed by atoms with Crippen LogP contribution in [0.2, 0.25) is 0 Å². The van der Waals surface area contributed by atoms with Crippen LogP contribution < -0.4 is 5.73 Å². The molecule has 0 radical (unpaired) electrons. The molecule has 1 atom stereocenters. The van der Waals surface area contributed by atoms with Crippen LogP contribution in [0.25, 0.3) is 0 Å². The predicted molar refractivity (Wildman–Crippen MR) is 70.5 cm³/mol. The quantitative estimate of drug-likeness (QED) is 0.943. The summed E-state index contributed by atoms with van der Waals surface area (Å²) in [5, 5.41) is 4.04. The van der Waals surface area contributed by atoms with Crippen molar-refractivity contribution in [3.63, 3.8) is 0 Å². The predicted octanol–water partition coefficient (Wildman–Crippen LogP) is 2.13. The van der Waals surface area contributed by atoms with Gasteiger partial charge in [0.15, 0.2) is 0 Å². The number of rotatable bonds is 3. The molecule has 90 valence electrons. The van der Waals surface area contributed by atoms with E-state index in [1.165, 1.54) is 5.56 Å². The van der Waals surface area contributed by atoms with Crippen LogP contribution >= 0.6 is 15.9 Å². The van der Waals surface area contributed by atoms with E-state index in [2.05, 4.69) is 39.0 Å². The second-order valence-corrected chi connectivity index (χ2v) is 4.88. The molecule has 1 aromatic heterocycles. The van der Waals surface area contributed by atoms with Crippen molar-refractivity contribution >= 4 is 15.9 Å². The molecule has 5 heteroatoms. The molecule has 1 heterocycles. The maximum absolute atomic E-state index is 6.21.